The van der Waals surface area contributed by atoms with Crippen LogP contribution in [-0.4, -0.2) is 13.7 Å². The number of nitrogens with one attached hydrogen (secondary N) is 1. The maximum absolute atomic E-state index is 8.97. The predicted octanol–water partition coefficient (Wildman–Crippen LogP) is 5.03. The minimum atomic E-state index is -0.240. The van der Waals surface area contributed by atoms with Crippen LogP contribution in [0.15, 0.2) is 21.1 Å². The Morgan fingerprint density at radius 3 is 2.38 bits per heavy atom. The summed E-state index contributed by atoms with van der Waals surface area (Å²) in [5.74, 6) is 0.842. The van der Waals surface area contributed by atoms with Gasteiger partial charge in [-0.2, -0.15) is 5.26 Å². The highest BCUT2D eigenvalue weighted by atomic mass is 79.9. The summed E-state index contributed by atoms with van der Waals surface area (Å²) in [6.07, 6.45) is 2.84. The van der Waals surface area contributed by atoms with Crippen LogP contribution in [0.3, 0.4) is 0 Å². The van der Waals surface area contributed by atoms with E-state index < -0.39 is 0 Å². The van der Waals surface area contributed by atoms with Crippen LogP contribution in [0.25, 0.3) is 0 Å². The van der Waals surface area contributed by atoms with Gasteiger partial charge in [-0.15, -0.1) is 0 Å². The first-order valence-electron chi connectivity index (χ1n) is 7.06. The summed E-state index contributed by atoms with van der Waals surface area (Å²) in [5, 5.41) is 12.1. The highest BCUT2D eigenvalue weighted by Crippen LogP contribution is 2.35. The van der Waals surface area contributed by atoms with E-state index in [-0.39, 0.29) is 5.41 Å². The van der Waals surface area contributed by atoms with Crippen LogP contribution in [-0.2, 0) is 6.54 Å². The van der Waals surface area contributed by atoms with Gasteiger partial charge in [0.2, 0.25) is 0 Å². The third kappa shape index (κ3) is 6.37. The molecule has 0 spiro atoms. The number of nitriles is 1. The normalized spacial score (nSPS) is 11.2. The van der Waals surface area contributed by atoms with Crippen molar-refractivity contribution < 1.29 is 4.74 Å². The molecule has 21 heavy (non-hydrogen) atoms. The van der Waals surface area contributed by atoms with Crippen LogP contribution in [0.4, 0.5) is 0 Å². The summed E-state index contributed by atoms with van der Waals surface area (Å²) in [5.41, 5.74) is 0.954. The number of hydrogen-bond acceptors (Lipinski definition) is 3. The Kier molecular flexibility index (Phi) is 7.72. The van der Waals surface area contributed by atoms with Gasteiger partial charge in [-0.05, 0) is 89.7 Å². The van der Waals surface area contributed by atoms with Gasteiger partial charge >= 0.3 is 0 Å². The molecule has 0 aliphatic carbocycles. The molecule has 0 saturated carbocycles. The summed E-state index contributed by atoms with van der Waals surface area (Å²) in [6, 6.07) is 6.45. The average Bonchev–Trinajstić information content (AvgIpc) is 2.41. The van der Waals surface area contributed by atoms with E-state index in [1.807, 2.05) is 20.9 Å². The van der Waals surface area contributed by atoms with Crippen molar-refractivity contribution >= 4 is 31.9 Å². The van der Waals surface area contributed by atoms with E-state index >= 15 is 0 Å². The number of nitrogens with zero attached hydrogens (tertiary/aromatic N) is 1. The second kappa shape index (κ2) is 8.77. The van der Waals surface area contributed by atoms with Gasteiger partial charge < -0.3 is 10.1 Å². The van der Waals surface area contributed by atoms with E-state index in [0.717, 1.165) is 40.5 Å². The van der Waals surface area contributed by atoms with Crippen LogP contribution in [0, 0.1) is 16.7 Å². The molecule has 0 radical (unpaired) electrons. The molecule has 0 aliphatic heterocycles. The number of rotatable bonds is 8. The fraction of sp³-hybridized carbons (Fsp3) is 0.562. The van der Waals surface area contributed by atoms with E-state index in [1.54, 1.807) is 0 Å². The van der Waals surface area contributed by atoms with Crippen molar-refractivity contribution in [2.75, 3.05) is 13.7 Å². The van der Waals surface area contributed by atoms with Gasteiger partial charge in [0.25, 0.3) is 0 Å². The van der Waals surface area contributed by atoms with E-state index in [1.165, 1.54) is 5.56 Å². The molecular formula is C16H22Br2N2O. The van der Waals surface area contributed by atoms with Crippen molar-refractivity contribution in [3.05, 3.63) is 26.6 Å². The zero-order chi connectivity index (χ0) is 15.9. The smallest absolute Gasteiger partial charge is 0.147 e. The van der Waals surface area contributed by atoms with Gasteiger partial charge in [-0.1, -0.05) is 0 Å². The van der Waals surface area contributed by atoms with Crippen molar-refractivity contribution in [3.8, 4) is 11.8 Å². The van der Waals surface area contributed by atoms with Crippen LogP contribution < -0.4 is 10.1 Å². The fourth-order valence-corrected chi connectivity index (χ4v) is 3.47. The van der Waals surface area contributed by atoms with Gasteiger partial charge in [-0.3, -0.25) is 0 Å². The number of hydrogen-bond donors (Lipinski definition) is 1. The zero-order valence-corrected chi connectivity index (χ0v) is 16.0. The summed E-state index contributed by atoms with van der Waals surface area (Å²) in [4.78, 5) is 0. The van der Waals surface area contributed by atoms with Crippen molar-refractivity contribution in [2.45, 2.75) is 39.7 Å². The molecule has 0 unspecified atom stereocenters. The molecule has 0 fully saturated rings. The average molecular weight is 418 g/mol. The van der Waals surface area contributed by atoms with Crippen LogP contribution in [0.5, 0.6) is 5.75 Å². The van der Waals surface area contributed by atoms with Gasteiger partial charge in [-0.25, -0.2) is 0 Å². The van der Waals surface area contributed by atoms with Gasteiger partial charge in [0.05, 0.1) is 27.0 Å². The Labute approximate surface area is 144 Å². The Morgan fingerprint density at radius 1 is 1.24 bits per heavy atom. The number of unbranched alkanes of at least 4 members (excludes halogenated alkanes) is 1. The molecule has 3 nitrogen and oxygen atoms in total. The van der Waals surface area contributed by atoms with Crippen LogP contribution in [0.2, 0.25) is 0 Å². The maximum atomic E-state index is 8.97. The fourth-order valence-electron chi connectivity index (χ4n) is 1.96. The maximum Gasteiger partial charge on any atom is 0.147 e. The van der Waals surface area contributed by atoms with E-state index in [2.05, 4.69) is 55.4 Å². The first-order valence-corrected chi connectivity index (χ1v) is 8.65. The molecule has 0 aliphatic rings. The molecular weight excluding hydrogens is 396 g/mol. The standard InChI is InChI=1S/C16H22Br2N2O/c1-16(2,11-19)6-4-5-7-21-15-13(17)8-12(10-20-3)9-14(15)18/h8-9,20H,4-7,10H2,1-3H3. The topological polar surface area (TPSA) is 45.0 Å². The molecule has 0 atom stereocenters. The lowest BCUT2D eigenvalue weighted by atomic mass is 9.89. The van der Waals surface area contributed by atoms with Gasteiger partial charge in [0.1, 0.15) is 5.75 Å². The van der Waals surface area contributed by atoms with E-state index in [0.29, 0.717) is 6.61 Å². The minimum Gasteiger partial charge on any atom is -0.491 e. The highest BCUT2D eigenvalue weighted by molar-refractivity contribution is 9.11. The summed E-state index contributed by atoms with van der Waals surface area (Å²) in [6.45, 7) is 5.42. The molecule has 1 N–H and O–H groups in total. The second-order valence-electron chi connectivity index (χ2n) is 5.72. The zero-order valence-electron chi connectivity index (χ0n) is 12.8. The second-order valence-corrected chi connectivity index (χ2v) is 7.43. The third-order valence-electron chi connectivity index (χ3n) is 3.18. The van der Waals surface area contributed by atoms with Crippen molar-refractivity contribution in [1.82, 2.24) is 5.32 Å². The van der Waals surface area contributed by atoms with Crippen molar-refractivity contribution in [3.63, 3.8) is 0 Å². The summed E-state index contributed by atoms with van der Waals surface area (Å²) >= 11 is 7.11. The molecule has 1 aromatic rings. The van der Waals surface area contributed by atoms with E-state index in [9.17, 15) is 0 Å². The van der Waals surface area contributed by atoms with Gasteiger partial charge in [0, 0.05) is 6.54 Å². The number of halogens is 2. The van der Waals surface area contributed by atoms with E-state index in [4.69, 9.17) is 10.00 Å². The quantitative estimate of drug-likeness (QED) is 0.603. The molecule has 0 aromatic heterocycles. The molecule has 0 amide bonds. The number of ether oxygens (including phenoxy) is 1. The molecule has 0 saturated heterocycles. The molecule has 1 rings (SSSR count). The summed E-state index contributed by atoms with van der Waals surface area (Å²) in [7, 11) is 1.93. The number of benzene rings is 1. The van der Waals surface area contributed by atoms with Crippen molar-refractivity contribution in [1.29, 1.82) is 5.26 Å². The predicted molar refractivity (Wildman–Crippen MR) is 93.3 cm³/mol. The Hall–Kier alpha value is -0.570. The van der Waals surface area contributed by atoms with Crippen molar-refractivity contribution in [2.24, 2.45) is 5.41 Å². The molecule has 116 valence electrons. The SMILES string of the molecule is CNCc1cc(Br)c(OCCCCC(C)(C)C#N)c(Br)c1. The lowest BCUT2D eigenvalue weighted by molar-refractivity contribution is 0.291. The largest absolute Gasteiger partial charge is 0.491 e. The highest BCUT2D eigenvalue weighted by Gasteiger charge is 2.15. The first kappa shape index (κ1) is 18.5. The Morgan fingerprint density at radius 2 is 1.86 bits per heavy atom. The molecule has 1 aromatic carbocycles. The third-order valence-corrected chi connectivity index (χ3v) is 4.36. The Bertz CT molecular complexity index is 486. The van der Waals surface area contributed by atoms with Crippen LogP contribution in [0.1, 0.15) is 38.7 Å². The summed E-state index contributed by atoms with van der Waals surface area (Å²) < 4.78 is 7.77. The molecule has 0 heterocycles. The monoisotopic (exact) mass is 416 g/mol. The first-order chi connectivity index (χ1) is 9.89. The van der Waals surface area contributed by atoms with Gasteiger partial charge in [0.15, 0.2) is 0 Å². The van der Waals surface area contributed by atoms with Crippen LogP contribution >= 0.6 is 31.9 Å². The molecule has 5 heteroatoms. The minimum absolute atomic E-state index is 0.240. The lowest BCUT2D eigenvalue weighted by Gasteiger charge is -2.15. The molecule has 0 bridgehead atoms. The Balaban J connectivity index is 2.48. The lowest BCUT2D eigenvalue weighted by Crippen LogP contribution is -2.09.